The number of aliphatic imine (C=N–C) groups is 1. The van der Waals surface area contributed by atoms with Crippen LogP contribution in [-0.2, 0) is 0 Å². The fourth-order valence-corrected chi connectivity index (χ4v) is 2.35. The molecule has 0 spiro atoms. The maximum atomic E-state index is 4.21. The van der Waals surface area contributed by atoms with Crippen molar-refractivity contribution in [3.63, 3.8) is 0 Å². The Morgan fingerprint density at radius 2 is 1.76 bits per heavy atom. The molecule has 0 aliphatic heterocycles. The number of nitrogens with one attached hydrogen (secondary N) is 2. The van der Waals surface area contributed by atoms with E-state index in [4.69, 9.17) is 0 Å². The molecule has 2 unspecified atom stereocenters. The molecule has 0 aromatic heterocycles. The summed E-state index contributed by atoms with van der Waals surface area (Å²) in [5, 5.41) is 7.10. The molecule has 0 amide bonds. The molecule has 3 heteroatoms. The smallest absolute Gasteiger partial charge is 0.0397 e. The van der Waals surface area contributed by atoms with Gasteiger partial charge in [-0.2, -0.15) is 0 Å². The predicted molar refractivity (Wildman–Crippen MR) is 75.9 cm³/mol. The molecule has 2 N–H and O–H groups in total. The number of hydrogen-bond acceptors (Lipinski definition) is 3. The molecule has 0 aromatic carbocycles. The lowest BCUT2D eigenvalue weighted by molar-refractivity contribution is 0.168. The van der Waals surface area contributed by atoms with Crippen molar-refractivity contribution in [2.75, 3.05) is 32.7 Å². The predicted octanol–water partition coefficient (Wildman–Crippen LogP) is 2.08. The summed E-state index contributed by atoms with van der Waals surface area (Å²) in [4.78, 5) is 4.21. The Hall–Kier alpha value is -0.410. The quantitative estimate of drug-likeness (QED) is 0.452. The van der Waals surface area contributed by atoms with E-state index in [2.05, 4.69) is 22.5 Å². The summed E-state index contributed by atoms with van der Waals surface area (Å²) in [6.07, 6.45) is 7.13. The van der Waals surface area contributed by atoms with E-state index in [0.29, 0.717) is 0 Å². The fraction of sp³-hybridized carbons (Fsp3) is 0.929. The van der Waals surface area contributed by atoms with E-state index in [-0.39, 0.29) is 0 Å². The minimum Gasteiger partial charge on any atom is -0.316 e. The van der Waals surface area contributed by atoms with Crippen molar-refractivity contribution in [3.05, 3.63) is 0 Å². The third-order valence-electron chi connectivity index (χ3n) is 3.64. The highest BCUT2D eigenvalue weighted by Gasteiger charge is 2.29. The van der Waals surface area contributed by atoms with E-state index in [9.17, 15) is 0 Å². The van der Waals surface area contributed by atoms with Gasteiger partial charge >= 0.3 is 0 Å². The standard InChI is InChI=1S/C14H29N3/c1-3-8-16-11-13-6-7-14(13)12-17-10-5-9-15-4-2/h4,13-14,16-17H,3,5-12H2,1-2H3. The molecule has 0 heterocycles. The Morgan fingerprint density at radius 3 is 2.29 bits per heavy atom. The zero-order valence-corrected chi connectivity index (χ0v) is 11.5. The van der Waals surface area contributed by atoms with Gasteiger partial charge in [-0.25, -0.2) is 0 Å². The van der Waals surface area contributed by atoms with Gasteiger partial charge in [-0.3, -0.25) is 4.99 Å². The third kappa shape index (κ3) is 6.18. The molecule has 0 radical (unpaired) electrons. The number of nitrogens with zero attached hydrogens (tertiary/aromatic N) is 1. The molecule has 1 aliphatic rings. The molecule has 1 rings (SSSR count). The first kappa shape index (κ1) is 14.7. The summed E-state index contributed by atoms with van der Waals surface area (Å²) in [5.41, 5.74) is 0. The van der Waals surface area contributed by atoms with Crippen molar-refractivity contribution >= 4 is 6.21 Å². The number of hydrogen-bond donors (Lipinski definition) is 2. The SMILES string of the molecule is CC=NCCCNCC1CCC1CNCCC. The average Bonchev–Trinajstić information content (AvgIpc) is 2.32. The van der Waals surface area contributed by atoms with Crippen LogP contribution in [0.2, 0.25) is 0 Å². The van der Waals surface area contributed by atoms with Crippen LogP contribution in [0.3, 0.4) is 0 Å². The van der Waals surface area contributed by atoms with Crippen LogP contribution in [-0.4, -0.2) is 38.9 Å². The van der Waals surface area contributed by atoms with E-state index in [1.807, 2.05) is 13.1 Å². The average molecular weight is 239 g/mol. The van der Waals surface area contributed by atoms with E-state index < -0.39 is 0 Å². The molecule has 17 heavy (non-hydrogen) atoms. The molecule has 3 nitrogen and oxygen atoms in total. The first-order valence-electron chi connectivity index (χ1n) is 7.24. The van der Waals surface area contributed by atoms with Gasteiger partial charge in [0, 0.05) is 6.54 Å². The van der Waals surface area contributed by atoms with Crippen LogP contribution in [0, 0.1) is 11.8 Å². The van der Waals surface area contributed by atoms with Crippen molar-refractivity contribution < 1.29 is 0 Å². The molecular weight excluding hydrogens is 210 g/mol. The highest BCUT2D eigenvalue weighted by Crippen LogP contribution is 2.32. The van der Waals surface area contributed by atoms with E-state index >= 15 is 0 Å². The first-order chi connectivity index (χ1) is 8.38. The largest absolute Gasteiger partial charge is 0.316 e. The van der Waals surface area contributed by atoms with Gasteiger partial charge in [0.05, 0.1) is 0 Å². The van der Waals surface area contributed by atoms with Crippen molar-refractivity contribution in [2.24, 2.45) is 16.8 Å². The van der Waals surface area contributed by atoms with Gasteiger partial charge in [-0.15, -0.1) is 0 Å². The van der Waals surface area contributed by atoms with Crippen LogP contribution in [0.25, 0.3) is 0 Å². The van der Waals surface area contributed by atoms with Crippen LogP contribution in [0.5, 0.6) is 0 Å². The third-order valence-corrected chi connectivity index (χ3v) is 3.64. The Kier molecular flexibility index (Phi) is 8.28. The maximum absolute atomic E-state index is 4.21. The van der Waals surface area contributed by atoms with Gasteiger partial charge in [0.15, 0.2) is 0 Å². The second-order valence-electron chi connectivity index (χ2n) is 5.02. The molecular formula is C14H29N3. The Bertz CT molecular complexity index is 204. The van der Waals surface area contributed by atoms with Crippen molar-refractivity contribution in [1.29, 1.82) is 0 Å². The van der Waals surface area contributed by atoms with Gasteiger partial charge in [0.25, 0.3) is 0 Å². The molecule has 0 bridgehead atoms. The molecule has 2 atom stereocenters. The lowest BCUT2D eigenvalue weighted by Gasteiger charge is -2.37. The van der Waals surface area contributed by atoms with Gasteiger partial charge < -0.3 is 10.6 Å². The summed E-state index contributed by atoms with van der Waals surface area (Å²) in [5.74, 6) is 1.83. The van der Waals surface area contributed by atoms with E-state index in [1.165, 1.54) is 38.9 Å². The second-order valence-corrected chi connectivity index (χ2v) is 5.02. The summed E-state index contributed by atoms with van der Waals surface area (Å²) in [6, 6.07) is 0. The molecule has 0 saturated heterocycles. The molecule has 1 fully saturated rings. The van der Waals surface area contributed by atoms with Gasteiger partial charge in [-0.1, -0.05) is 6.92 Å². The Labute approximate surface area is 106 Å². The van der Waals surface area contributed by atoms with Gasteiger partial charge in [-0.05, 0) is 76.8 Å². The topological polar surface area (TPSA) is 36.4 Å². The molecule has 100 valence electrons. The minimum absolute atomic E-state index is 0.911. The summed E-state index contributed by atoms with van der Waals surface area (Å²) in [7, 11) is 0. The van der Waals surface area contributed by atoms with E-state index in [0.717, 1.165) is 31.3 Å². The maximum Gasteiger partial charge on any atom is 0.0397 e. The fourth-order valence-electron chi connectivity index (χ4n) is 2.35. The zero-order chi connectivity index (χ0) is 12.3. The van der Waals surface area contributed by atoms with Crippen LogP contribution in [0.1, 0.15) is 39.5 Å². The lowest BCUT2D eigenvalue weighted by Crippen LogP contribution is -2.41. The minimum atomic E-state index is 0.911. The second kappa shape index (κ2) is 9.60. The first-order valence-corrected chi connectivity index (χ1v) is 7.24. The van der Waals surface area contributed by atoms with E-state index in [1.54, 1.807) is 0 Å². The normalized spacial score (nSPS) is 24.1. The Balaban J connectivity index is 1.92. The van der Waals surface area contributed by atoms with Gasteiger partial charge in [0.1, 0.15) is 0 Å². The highest BCUT2D eigenvalue weighted by molar-refractivity contribution is 5.53. The Morgan fingerprint density at radius 1 is 1.12 bits per heavy atom. The van der Waals surface area contributed by atoms with Crippen LogP contribution >= 0.6 is 0 Å². The number of rotatable bonds is 10. The molecule has 0 aromatic rings. The lowest BCUT2D eigenvalue weighted by atomic mass is 9.73. The van der Waals surface area contributed by atoms with Crippen molar-refractivity contribution in [3.8, 4) is 0 Å². The van der Waals surface area contributed by atoms with Crippen molar-refractivity contribution in [1.82, 2.24) is 10.6 Å². The summed E-state index contributed by atoms with van der Waals surface area (Å²) < 4.78 is 0. The van der Waals surface area contributed by atoms with Crippen LogP contribution < -0.4 is 10.6 Å². The summed E-state index contributed by atoms with van der Waals surface area (Å²) in [6.45, 7) is 9.89. The van der Waals surface area contributed by atoms with Crippen LogP contribution in [0.4, 0.5) is 0 Å². The van der Waals surface area contributed by atoms with Crippen molar-refractivity contribution in [2.45, 2.75) is 39.5 Å². The van der Waals surface area contributed by atoms with Crippen LogP contribution in [0.15, 0.2) is 4.99 Å². The molecule has 1 aliphatic carbocycles. The highest BCUT2D eigenvalue weighted by atomic mass is 14.9. The summed E-state index contributed by atoms with van der Waals surface area (Å²) >= 11 is 0. The monoisotopic (exact) mass is 239 g/mol. The zero-order valence-electron chi connectivity index (χ0n) is 11.5. The van der Waals surface area contributed by atoms with Gasteiger partial charge in [0.2, 0.25) is 0 Å². The molecule has 1 saturated carbocycles.